The van der Waals surface area contributed by atoms with E-state index in [1.54, 1.807) is 14.2 Å². The Hall–Kier alpha value is -1.97. The Morgan fingerprint density at radius 2 is 1.86 bits per heavy atom. The second kappa shape index (κ2) is 5.43. The fourth-order valence-corrected chi connectivity index (χ4v) is 3.27. The molecule has 0 N–H and O–H groups in total. The summed E-state index contributed by atoms with van der Waals surface area (Å²) in [6.45, 7) is 0. The Morgan fingerprint density at radius 1 is 1.14 bits per heavy atom. The van der Waals surface area contributed by atoms with Gasteiger partial charge in [0.15, 0.2) is 11.5 Å². The van der Waals surface area contributed by atoms with Crippen LogP contribution in [0.2, 0.25) is 0 Å². The van der Waals surface area contributed by atoms with Gasteiger partial charge in [-0.2, -0.15) is 0 Å². The highest BCUT2D eigenvalue weighted by Crippen LogP contribution is 2.44. The number of hydrogen-bond acceptors (Lipinski definition) is 4. The molecule has 2 aliphatic rings. The third kappa shape index (κ3) is 2.62. The van der Waals surface area contributed by atoms with Crippen molar-refractivity contribution in [3.05, 3.63) is 29.3 Å². The van der Waals surface area contributed by atoms with Crippen LogP contribution in [0.1, 0.15) is 37.7 Å². The van der Waals surface area contributed by atoms with Gasteiger partial charge in [-0.05, 0) is 49.5 Å². The largest absolute Gasteiger partial charge is 0.493 e. The standard InChI is InChI=1S/C17H20O4/c1-19-14-6-5-12(10-15(14)20-2)9-13-11-17(21-16(13)18)7-3-4-8-17/h5-6,9-10H,3-4,7-8,11H2,1-2H3/b13-9+. The van der Waals surface area contributed by atoms with Gasteiger partial charge in [-0.1, -0.05) is 6.07 Å². The van der Waals surface area contributed by atoms with Crippen LogP contribution in [0.15, 0.2) is 23.8 Å². The maximum atomic E-state index is 12.1. The SMILES string of the molecule is COc1ccc(/C=C2\CC3(CCCC3)OC2=O)cc1OC. The molecule has 112 valence electrons. The zero-order chi connectivity index (χ0) is 14.9. The zero-order valence-electron chi connectivity index (χ0n) is 12.5. The van der Waals surface area contributed by atoms with Gasteiger partial charge in [-0.15, -0.1) is 0 Å². The summed E-state index contributed by atoms with van der Waals surface area (Å²) >= 11 is 0. The normalized spacial score (nSPS) is 21.8. The van der Waals surface area contributed by atoms with Crippen molar-refractivity contribution in [3.8, 4) is 11.5 Å². The maximum absolute atomic E-state index is 12.1. The second-order valence-corrected chi connectivity index (χ2v) is 5.74. The van der Waals surface area contributed by atoms with E-state index in [1.807, 2.05) is 24.3 Å². The second-order valence-electron chi connectivity index (χ2n) is 5.74. The summed E-state index contributed by atoms with van der Waals surface area (Å²) in [6.07, 6.45) is 6.90. The van der Waals surface area contributed by atoms with Gasteiger partial charge in [0.05, 0.1) is 14.2 Å². The van der Waals surface area contributed by atoms with Gasteiger partial charge in [0.1, 0.15) is 5.60 Å². The molecule has 1 heterocycles. The van der Waals surface area contributed by atoms with Crippen LogP contribution in [-0.4, -0.2) is 25.8 Å². The summed E-state index contributed by atoms with van der Waals surface area (Å²) in [7, 11) is 3.21. The lowest BCUT2D eigenvalue weighted by Gasteiger charge is -2.19. The maximum Gasteiger partial charge on any atom is 0.334 e. The molecule has 1 aliphatic heterocycles. The van der Waals surface area contributed by atoms with Gasteiger partial charge in [0, 0.05) is 12.0 Å². The summed E-state index contributed by atoms with van der Waals surface area (Å²) in [6, 6.07) is 5.64. The van der Waals surface area contributed by atoms with Crippen molar-refractivity contribution in [1.29, 1.82) is 0 Å². The van der Waals surface area contributed by atoms with Crippen molar-refractivity contribution in [1.82, 2.24) is 0 Å². The Bertz CT molecular complexity index is 582. The molecule has 0 radical (unpaired) electrons. The monoisotopic (exact) mass is 288 g/mol. The smallest absolute Gasteiger partial charge is 0.334 e. The molecule has 2 fully saturated rings. The number of ether oxygens (including phenoxy) is 3. The molecule has 1 aromatic rings. The van der Waals surface area contributed by atoms with E-state index in [0.29, 0.717) is 11.5 Å². The number of carbonyl (C=O) groups is 1. The highest BCUT2D eigenvalue weighted by Gasteiger charge is 2.45. The predicted molar refractivity (Wildman–Crippen MR) is 79.4 cm³/mol. The van der Waals surface area contributed by atoms with Crippen LogP contribution in [0, 0.1) is 0 Å². The Labute approximate surface area is 124 Å². The van der Waals surface area contributed by atoms with Crippen molar-refractivity contribution < 1.29 is 19.0 Å². The van der Waals surface area contributed by atoms with Crippen LogP contribution in [0.5, 0.6) is 11.5 Å². The molecule has 0 unspecified atom stereocenters. The number of esters is 1. The lowest BCUT2D eigenvalue weighted by atomic mass is 9.95. The van der Waals surface area contributed by atoms with Crippen LogP contribution >= 0.6 is 0 Å². The van der Waals surface area contributed by atoms with Crippen LogP contribution in [-0.2, 0) is 9.53 Å². The fourth-order valence-electron chi connectivity index (χ4n) is 3.27. The number of benzene rings is 1. The molecule has 1 saturated carbocycles. The molecule has 4 heteroatoms. The van der Waals surface area contributed by atoms with Crippen molar-refractivity contribution in [2.45, 2.75) is 37.7 Å². The lowest BCUT2D eigenvalue weighted by Crippen LogP contribution is -2.23. The quantitative estimate of drug-likeness (QED) is 0.632. The number of carbonyl (C=O) groups excluding carboxylic acids is 1. The van der Waals surface area contributed by atoms with E-state index in [4.69, 9.17) is 14.2 Å². The highest BCUT2D eigenvalue weighted by atomic mass is 16.6. The Kier molecular flexibility index (Phi) is 3.62. The molecule has 4 nitrogen and oxygen atoms in total. The van der Waals surface area contributed by atoms with Crippen molar-refractivity contribution >= 4 is 12.0 Å². The van der Waals surface area contributed by atoms with Crippen LogP contribution in [0.25, 0.3) is 6.08 Å². The van der Waals surface area contributed by atoms with E-state index in [0.717, 1.165) is 43.2 Å². The fraction of sp³-hybridized carbons (Fsp3) is 0.471. The van der Waals surface area contributed by atoms with Gasteiger partial charge >= 0.3 is 5.97 Å². The van der Waals surface area contributed by atoms with Gasteiger partial charge in [0.2, 0.25) is 0 Å². The third-order valence-electron chi connectivity index (χ3n) is 4.35. The average Bonchev–Trinajstić information content (AvgIpc) is 3.06. The molecule has 1 saturated heterocycles. The van der Waals surface area contributed by atoms with Gasteiger partial charge in [-0.25, -0.2) is 4.79 Å². The zero-order valence-corrected chi connectivity index (χ0v) is 12.5. The van der Waals surface area contributed by atoms with Gasteiger partial charge in [-0.3, -0.25) is 0 Å². The van der Waals surface area contributed by atoms with E-state index >= 15 is 0 Å². The topological polar surface area (TPSA) is 44.8 Å². The molecule has 1 aromatic carbocycles. The summed E-state index contributed by atoms with van der Waals surface area (Å²) in [5.41, 5.74) is 1.46. The van der Waals surface area contributed by atoms with E-state index in [1.165, 1.54) is 0 Å². The first kappa shape index (κ1) is 14.0. The molecule has 3 rings (SSSR count). The number of rotatable bonds is 3. The van der Waals surface area contributed by atoms with Crippen LogP contribution in [0.4, 0.5) is 0 Å². The van der Waals surface area contributed by atoms with Gasteiger partial charge < -0.3 is 14.2 Å². The molecule has 0 atom stereocenters. The van der Waals surface area contributed by atoms with Crippen molar-refractivity contribution in [3.63, 3.8) is 0 Å². The molecule has 21 heavy (non-hydrogen) atoms. The molecule has 0 bridgehead atoms. The van der Waals surface area contributed by atoms with Crippen molar-refractivity contribution in [2.75, 3.05) is 14.2 Å². The molecular weight excluding hydrogens is 268 g/mol. The number of methoxy groups -OCH3 is 2. The minimum absolute atomic E-state index is 0.174. The number of hydrogen-bond donors (Lipinski definition) is 0. The van der Waals surface area contributed by atoms with Crippen LogP contribution < -0.4 is 9.47 Å². The molecule has 1 spiro atoms. The minimum Gasteiger partial charge on any atom is -0.493 e. The first-order valence-electron chi connectivity index (χ1n) is 7.32. The van der Waals surface area contributed by atoms with E-state index in [2.05, 4.69) is 0 Å². The summed E-state index contributed by atoms with van der Waals surface area (Å²) in [5, 5.41) is 0. The van der Waals surface area contributed by atoms with Crippen LogP contribution in [0.3, 0.4) is 0 Å². The summed E-state index contributed by atoms with van der Waals surface area (Å²) in [4.78, 5) is 12.1. The first-order chi connectivity index (χ1) is 10.2. The Balaban J connectivity index is 1.86. The summed E-state index contributed by atoms with van der Waals surface area (Å²) < 4.78 is 16.1. The van der Waals surface area contributed by atoms with E-state index < -0.39 is 0 Å². The predicted octanol–water partition coefficient (Wildman–Crippen LogP) is 3.35. The van der Waals surface area contributed by atoms with E-state index in [9.17, 15) is 4.79 Å². The minimum atomic E-state index is -0.223. The van der Waals surface area contributed by atoms with Crippen molar-refractivity contribution in [2.24, 2.45) is 0 Å². The summed E-state index contributed by atoms with van der Waals surface area (Å²) in [5.74, 6) is 1.17. The van der Waals surface area contributed by atoms with E-state index in [-0.39, 0.29) is 11.6 Å². The highest BCUT2D eigenvalue weighted by molar-refractivity contribution is 5.96. The molecule has 0 aromatic heterocycles. The third-order valence-corrected chi connectivity index (χ3v) is 4.35. The lowest BCUT2D eigenvalue weighted by molar-refractivity contribution is -0.145. The molecular formula is C17H20O4. The first-order valence-corrected chi connectivity index (χ1v) is 7.32. The average molecular weight is 288 g/mol. The Morgan fingerprint density at radius 3 is 2.52 bits per heavy atom. The van der Waals surface area contributed by atoms with Gasteiger partial charge in [0.25, 0.3) is 0 Å². The molecule has 0 amide bonds. The molecule has 1 aliphatic carbocycles.